The second-order valence-electron chi connectivity index (χ2n) is 6.87. The molecule has 0 bridgehead atoms. The van der Waals surface area contributed by atoms with Crippen molar-refractivity contribution in [3.8, 4) is 17.0 Å². The van der Waals surface area contributed by atoms with Gasteiger partial charge in [-0.05, 0) is 48.9 Å². The van der Waals surface area contributed by atoms with Gasteiger partial charge in [-0.1, -0.05) is 6.42 Å². The number of carbonyl (C=O) groups excluding carboxylic acids is 1. The molecule has 1 aromatic heterocycles. The van der Waals surface area contributed by atoms with Crippen LogP contribution in [-0.2, 0) is 11.2 Å². The van der Waals surface area contributed by atoms with Crippen LogP contribution in [0.15, 0.2) is 29.6 Å². The third-order valence-electron chi connectivity index (χ3n) is 5.43. The van der Waals surface area contributed by atoms with Crippen molar-refractivity contribution >= 4 is 17.2 Å². The highest BCUT2D eigenvalue weighted by molar-refractivity contribution is 7.09. The fraction of sp³-hybridized carbons (Fsp3) is 0.474. The standard InChI is InChI=1S/C19H22N2O2S/c1-23-14-5-3-13(4-6-14)16-12-24-17(21-16)7-10-20-18(22)15-11-19(15)8-2-9-19/h3-6,12,15H,2,7-11H2,1H3,(H,20,22)/t15-/m1/s1. The van der Waals surface area contributed by atoms with Gasteiger partial charge in [-0.2, -0.15) is 0 Å². The fourth-order valence-corrected chi connectivity index (χ4v) is 4.45. The van der Waals surface area contributed by atoms with E-state index in [1.165, 1.54) is 19.3 Å². The molecule has 4 nitrogen and oxygen atoms in total. The van der Waals surface area contributed by atoms with Crippen molar-refractivity contribution in [2.45, 2.75) is 32.1 Å². The van der Waals surface area contributed by atoms with E-state index < -0.39 is 0 Å². The molecule has 0 aliphatic heterocycles. The maximum Gasteiger partial charge on any atom is 0.223 e. The molecule has 5 heteroatoms. The van der Waals surface area contributed by atoms with Crippen LogP contribution in [0.1, 0.15) is 30.7 Å². The van der Waals surface area contributed by atoms with Gasteiger partial charge >= 0.3 is 0 Å². The molecule has 1 atom stereocenters. The Labute approximate surface area is 146 Å². The molecule has 0 saturated heterocycles. The Hall–Kier alpha value is -1.88. The SMILES string of the molecule is COc1ccc(-c2csc(CCNC(=O)[C@H]3CC34CCC4)n2)cc1. The summed E-state index contributed by atoms with van der Waals surface area (Å²) in [5, 5.41) is 6.23. The predicted molar refractivity (Wildman–Crippen MR) is 95.2 cm³/mol. The Morgan fingerprint density at radius 2 is 2.17 bits per heavy atom. The van der Waals surface area contributed by atoms with E-state index in [1.807, 2.05) is 24.3 Å². The lowest BCUT2D eigenvalue weighted by Gasteiger charge is -2.26. The number of aromatic nitrogens is 1. The first-order valence-corrected chi connectivity index (χ1v) is 9.45. The largest absolute Gasteiger partial charge is 0.497 e. The average Bonchev–Trinajstić information content (AvgIpc) is 3.20. The van der Waals surface area contributed by atoms with Crippen LogP contribution >= 0.6 is 11.3 Å². The highest BCUT2D eigenvalue weighted by Gasteiger charge is 2.60. The molecule has 2 aromatic rings. The van der Waals surface area contributed by atoms with E-state index in [0.29, 0.717) is 12.0 Å². The summed E-state index contributed by atoms with van der Waals surface area (Å²) in [6.45, 7) is 0.682. The van der Waals surface area contributed by atoms with E-state index in [-0.39, 0.29) is 11.8 Å². The molecule has 2 aliphatic rings. The summed E-state index contributed by atoms with van der Waals surface area (Å²) in [6, 6.07) is 7.93. The molecule has 1 spiro atoms. The lowest BCUT2D eigenvalue weighted by molar-refractivity contribution is -0.123. The average molecular weight is 342 g/mol. The summed E-state index contributed by atoms with van der Waals surface area (Å²) in [4.78, 5) is 16.8. The van der Waals surface area contributed by atoms with E-state index in [9.17, 15) is 4.79 Å². The van der Waals surface area contributed by atoms with E-state index >= 15 is 0 Å². The third kappa shape index (κ3) is 2.93. The van der Waals surface area contributed by atoms with Gasteiger partial charge in [0, 0.05) is 29.8 Å². The zero-order valence-corrected chi connectivity index (χ0v) is 14.7. The zero-order chi connectivity index (χ0) is 16.6. The summed E-state index contributed by atoms with van der Waals surface area (Å²) in [6.07, 6.45) is 5.71. The van der Waals surface area contributed by atoms with Crippen LogP contribution in [0, 0.1) is 11.3 Å². The van der Waals surface area contributed by atoms with Crippen molar-refractivity contribution in [2.24, 2.45) is 11.3 Å². The first-order valence-electron chi connectivity index (χ1n) is 8.57. The van der Waals surface area contributed by atoms with Crippen molar-refractivity contribution in [2.75, 3.05) is 13.7 Å². The first kappa shape index (κ1) is 15.6. The van der Waals surface area contributed by atoms with Gasteiger partial charge in [0.25, 0.3) is 0 Å². The van der Waals surface area contributed by atoms with Gasteiger partial charge in [0.1, 0.15) is 5.75 Å². The molecule has 2 fully saturated rings. The van der Waals surface area contributed by atoms with Crippen LogP contribution in [0.25, 0.3) is 11.3 Å². The smallest absolute Gasteiger partial charge is 0.223 e. The lowest BCUT2D eigenvalue weighted by Crippen LogP contribution is -2.30. The molecule has 1 heterocycles. The molecule has 2 saturated carbocycles. The van der Waals surface area contributed by atoms with Crippen molar-refractivity contribution in [3.05, 3.63) is 34.7 Å². The van der Waals surface area contributed by atoms with Gasteiger partial charge in [-0.25, -0.2) is 4.98 Å². The lowest BCUT2D eigenvalue weighted by atomic mass is 9.80. The summed E-state index contributed by atoms with van der Waals surface area (Å²) < 4.78 is 5.18. The fourth-order valence-electron chi connectivity index (χ4n) is 3.64. The highest BCUT2D eigenvalue weighted by Crippen LogP contribution is 2.65. The summed E-state index contributed by atoms with van der Waals surface area (Å²) in [7, 11) is 1.67. The summed E-state index contributed by atoms with van der Waals surface area (Å²) in [5.74, 6) is 1.39. The molecule has 1 amide bonds. The maximum absolute atomic E-state index is 12.2. The third-order valence-corrected chi connectivity index (χ3v) is 6.34. The minimum absolute atomic E-state index is 0.252. The number of amides is 1. The molecule has 4 rings (SSSR count). The minimum atomic E-state index is 0.252. The topological polar surface area (TPSA) is 51.2 Å². The molecule has 0 radical (unpaired) electrons. The van der Waals surface area contributed by atoms with Crippen LogP contribution in [0.2, 0.25) is 0 Å². The van der Waals surface area contributed by atoms with Crippen molar-refractivity contribution in [1.82, 2.24) is 10.3 Å². The van der Waals surface area contributed by atoms with Gasteiger partial charge in [-0.3, -0.25) is 4.79 Å². The quantitative estimate of drug-likeness (QED) is 0.871. The number of benzene rings is 1. The number of nitrogens with one attached hydrogen (secondary N) is 1. The number of thiazole rings is 1. The van der Waals surface area contributed by atoms with Crippen LogP contribution in [0.5, 0.6) is 5.75 Å². The molecular formula is C19H22N2O2S. The van der Waals surface area contributed by atoms with Crippen LogP contribution in [0.3, 0.4) is 0 Å². The summed E-state index contributed by atoms with van der Waals surface area (Å²) >= 11 is 1.65. The molecule has 2 aliphatic carbocycles. The first-order chi connectivity index (χ1) is 11.7. The Kier molecular flexibility index (Phi) is 4.04. The van der Waals surface area contributed by atoms with Crippen molar-refractivity contribution < 1.29 is 9.53 Å². The number of hydrogen-bond donors (Lipinski definition) is 1. The maximum atomic E-state index is 12.2. The van der Waals surface area contributed by atoms with E-state index in [4.69, 9.17) is 4.74 Å². The summed E-state index contributed by atoms with van der Waals surface area (Å²) in [5.41, 5.74) is 2.49. The second kappa shape index (κ2) is 6.20. The Bertz CT molecular complexity index is 734. The number of nitrogens with zero attached hydrogens (tertiary/aromatic N) is 1. The van der Waals surface area contributed by atoms with Crippen molar-refractivity contribution in [3.63, 3.8) is 0 Å². The Morgan fingerprint density at radius 3 is 2.79 bits per heavy atom. The van der Waals surface area contributed by atoms with Crippen LogP contribution in [-0.4, -0.2) is 24.5 Å². The Balaban J connectivity index is 1.28. The van der Waals surface area contributed by atoms with E-state index in [0.717, 1.165) is 34.9 Å². The number of hydrogen-bond acceptors (Lipinski definition) is 4. The minimum Gasteiger partial charge on any atom is -0.497 e. The molecule has 126 valence electrons. The highest BCUT2D eigenvalue weighted by atomic mass is 32.1. The van der Waals surface area contributed by atoms with Gasteiger partial charge in [0.15, 0.2) is 0 Å². The zero-order valence-electron chi connectivity index (χ0n) is 13.9. The number of rotatable bonds is 6. The monoisotopic (exact) mass is 342 g/mol. The number of ether oxygens (including phenoxy) is 1. The second-order valence-corrected chi connectivity index (χ2v) is 7.81. The predicted octanol–water partition coefficient (Wildman–Crippen LogP) is 3.67. The van der Waals surface area contributed by atoms with E-state index in [1.54, 1.807) is 18.4 Å². The number of methoxy groups -OCH3 is 1. The van der Waals surface area contributed by atoms with Gasteiger partial charge in [-0.15, -0.1) is 11.3 Å². The van der Waals surface area contributed by atoms with Crippen LogP contribution < -0.4 is 10.1 Å². The molecule has 24 heavy (non-hydrogen) atoms. The number of carbonyl (C=O) groups is 1. The van der Waals surface area contributed by atoms with Gasteiger partial charge in [0.05, 0.1) is 17.8 Å². The molecule has 0 unspecified atom stereocenters. The molecule has 1 aromatic carbocycles. The van der Waals surface area contributed by atoms with Crippen LogP contribution in [0.4, 0.5) is 0 Å². The van der Waals surface area contributed by atoms with E-state index in [2.05, 4.69) is 15.7 Å². The molecular weight excluding hydrogens is 320 g/mol. The van der Waals surface area contributed by atoms with Gasteiger partial charge in [0.2, 0.25) is 5.91 Å². The van der Waals surface area contributed by atoms with Gasteiger partial charge < -0.3 is 10.1 Å². The Morgan fingerprint density at radius 1 is 1.38 bits per heavy atom. The normalized spacial score (nSPS) is 20.5. The van der Waals surface area contributed by atoms with Crippen molar-refractivity contribution in [1.29, 1.82) is 0 Å². The molecule has 1 N–H and O–H groups in total.